The summed E-state index contributed by atoms with van der Waals surface area (Å²) in [6.45, 7) is 3.61. The highest BCUT2D eigenvalue weighted by Crippen LogP contribution is 2.38. The fourth-order valence-corrected chi connectivity index (χ4v) is 3.20. The van der Waals surface area contributed by atoms with Gasteiger partial charge in [-0.3, -0.25) is 4.79 Å². The predicted molar refractivity (Wildman–Crippen MR) is 102 cm³/mol. The summed E-state index contributed by atoms with van der Waals surface area (Å²) in [5.74, 6) is -1.68. The number of carbonyl (C=O) groups is 2. The van der Waals surface area contributed by atoms with Gasteiger partial charge in [-0.15, -0.1) is 0 Å². The highest BCUT2D eigenvalue weighted by molar-refractivity contribution is 6.33. The molecule has 1 aliphatic rings. The lowest BCUT2D eigenvalue weighted by Gasteiger charge is -2.07. The van der Waals surface area contributed by atoms with Crippen LogP contribution in [0.15, 0.2) is 30.3 Å². The summed E-state index contributed by atoms with van der Waals surface area (Å²) >= 11 is 5.83. The van der Waals surface area contributed by atoms with Gasteiger partial charge in [0.1, 0.15) is 5.82 Å². The van der Waals surface area contributed by atoms with E-state index in [1.807, 2.05) is 19.9 Å². The maximum absolute atomic E-state index is 13.0. The van der Waals surface area contributed by atoms with E-state index in [9.17, 15) is 14.0 Å². The standard InChI is InChI=1S/C20H20ClFN2O3/c1-12-9-14(13(2)24(12)16-5-6-16)3-8-20(26)27-11-19(25)23-18-7-4-15(22)10-17(18)21/h3-4,7-10,16H,5-6,11H2,1-2H3,(H,23,25)/b8-3+. The van der Waals surface area contributed by atoms with Crippen LogP contribution in [-0.4, -0.2) is 23.1 Å². The van der Waals surface area contributed by atoms with Crippen molar-refractivity contribution >= 4 is 35.2 Å². The second kappa shape index (κ2) is 7.96. The van der Waals surface area contributed by atoms with Crippen molar-refractivity contribution in [3.05, 3.63) is 58.1 Å². The average molecular weight is 391 g/mol. The molecule has 1 fully saturated rings. The Labute approximate surface area is 161 Å². The predicted octanol–water partition coefficient (Wildman–Crippen LogP) is 4.43. The second-order valence-corrected chi connectivity index (χ2v) is 6.95. The van der Waals surface area contributed by atoms with Gasteiger partial charge in [-0.2, -0.15) is 0 Å². The number of esters is 1. The molecule has 0 radical (unpaired) electrons. The van der Waals surface area contributed by atoms with Crippen molar-refractivity contribution in [3.8, 4) is 0 Å². The van der Waals surface area contributed by atoms with Crippen LogP contribution in [0.4, 0.5) is 10.1 Å². The Morgan fingerprint density at radius 3 is 2.74 bits per heavy atom. The molecule has 0 bridgehead atoms. The van der Waals surface area contributed by atoms with E-state index in [1.165, 1.54) is 36.7 Å². The number of nitrogens with zero attached hydrogens (tertiary/aromatic N) is 1. The van der Waals surface area contributed by atoms with E-state index in [0.717, 1.165) is 17.3 Å². The quantitative estimate of drug-likeness (QED) is 0.586. The lowest BCUT2D eigenvalue weighted by molar-refractivity contribution is -0.142. The van der Waals surface area contributed by atoms with Gasteiger partial charge in [0.25, 0.3) is 5.91 Å². The number of aromatic nitrogens is 1. The minimum absolute atomic E-state index is 0.0700. The summed E-state index contributed by atoms with van der Waals surface area (Å²) in [5, 5.41) is 2.53. The van der Waals surface area contributed by atoms with E-state index in [2.05, 4.69) is 9.88 Å². The maximum atomic E-state index is 13.0. The molecule has 1 heterocycles. The first-order chi connectivity index (χ1) is 12.8. The normalized spacial score (nSPS) is 13.8. The van der Waals surface area contributed by atoms with Crippen LogP contribution in [0.1, 0.15) is 35.8 Å². The van der Waals surface area contributed by atoms with Crippen LogP contribution in [-0.2, 0) is 14.3 Å². The van der Waals surface area contributed by atoms with E-state index in [4.69, 9.17) is 16.3 Å². The SMILES string of the molecule is Cc1cc(/C=C/C(=O)OCC(=O)Nc2ccc(F)cc2Cl)c(C)n1C1CC1. The molecule has 0 atom stereocenters. The maximum Gasteiger partial charge on any atom is 0.331 e. The Bertz CT molecular complexity index is 916. The number of carbonyl (C=O) groups excluding carboxylic acids is 2. The summed E-state index contributed by atoms with van der Waals surface area (Å²) in [5.41, 5.74) is 3.49. The summed E-state index contributed by atoms with van der Waals surface area (Å²) < 4.78 is 20.2. The molecule has 1 amide bonds. The zero-order valence-electron chi connectivity index (χ0n) is 15.1. The van der Waals surface area contributed by atoms with Crippen molar-refractivity contribution in [1.82, 2.24) is 4.57 Å². The van der Waals surface area contributed by atoms with Gasteiger partial charge in [0, 0.05) is 23.5 Å². The molecule has 27 heavy (non-hydrogen) atoms. The first-order valence-electron chi connectivity index (χ1n) is 8.63. The number of hydrogen-bond donors (Lipinski definition) is 1. The summed E-state index contributed by atoms with van der Waals surface area (Å²) in [4.78, 5) is 23.7. The monoisotopic (exact) mass is 390 g/mol. The summed E-state index contributed by atoms with van der Waals surface area (Å²) in [6, 6.07) is 6.20. The largest absolute Gasteiger partial charge is 0.452 e. The molecule has 1 aromatic carbocycles. The molecule has 3 rings (SSSR count). The minimum Gasteiger partial charge on any atom is -0.452 e. The summed E-state index contributed by atoms with van der Waals surface area (Å²) in [7, 11) is 0. The zero-order valence-corrected chi connectivity index (χ0v) is 15.8. The van der Waals surface area contributed by atoms with Gasteiger partial charge < -0.3 is 14.6 Å². The molecule has 5 nitrogen and oxygen atoms in total. The van der Waals surface area contributed by atoms with Crippen molar-refractivity contribution in [1.29, 1.82) is 0 Å². The highest BCUT2D eigenvalue weighted by Gasteiger charge is 2.26. The van der Waals surface area contributed by atoms with Crippen LogP contribution in [0.5, 0.6) is 0 Å². The van der Waals surface area contributed by atoms with Crippen molar-refractivity contribution in [2.24, 2.45) is 0 Å². The molecule has 0 spiro atoms. The second-order valence-electron chi connectivity index (χ2n) is 6.54. The molecular formula is C20H20ClFN2O3. The molecule has 7 heteroatoms. The molecule has 0 aliphatic heterocycles. The van der Waals surface area contributed by atoms with Crippen molar-refractivity contribution in [2.45, 2.75) is 32.7 Å². The highest BCUT2D eigenvalue weighted by atomic mass is 35.5. The Morgan fingerprint density at radius 2 is 2.07 bits per heavy atom. The Morgan fingerprint density at radius 1 is 1.33 bits per heavy atom. The van der Waals surface area contributed by atoms with Gasteiger partial charge in [-0.25, -0.2) is 9.18 Å². The van der Waals surface area contributed by atoms with Gasteiger partial charge in [0.2, 0.25) is 0 Å². The Kier molecular flexibility index (Phi) is 5.65. The molecule has 1 N–H and O–H groups in total. The first-order valence-corrected chi connectivity index (χ1v) is 9.01. The molecule has 0 saturated heterocycles. The number of anilines is 1. The number of benzene rings is 1. The van der Waals surface area contributed by atoms with Crippen LogP contribution in [0.3, 0.4) is 0 Å². The third kappa shape index (κ3) is 4.77. The molecule has 142 valence electrons. The van der Waals surface area contributed by atoms with Crippen molar-refractivity contribution in [3.63, 3.8) is 0 Å². The molecular weight excluding hydrogens is 371 g/mol. The molecule has 0 unspecified atom stereocenters. The lowest BCUT2D eigenvalue weighted by atomic mass is 10.2. The first kappa shape index (κ1) is 19.2. The number of halogens is 2. The van der Waals surface area contributed by atoms with E-state index in [0.29, 0.717) is 6.04 Å². The fourth-order valence-electron chi connectivity index (χ4n) is 2.99. The number of aryl methyl sites for hydroxylation is 1. The number of ether oxygens (including phenoxy) is 1. The van der Waals surface area contributed by atoms with Gasteiger partial charge >= 0.3 is 5.97 Å². The van der Waals surface area contributed by atoms with E-state index < -0.39 is 24.3 Å². The average Bonchev–Trinajstić information content (AvgIpc) is 3.39. The summed E-state index contributed by atoms with van der Waals surface area (Å²) in [6.07, 6.45) is 5.37. The van der Waals surface area contributed by atoms with Crippen molar-refractivity contribution in [2.75, 3.05) is 11.9 Å². The van der Waals surface area contributed by atoms with Crippen molar-refractivity contribution < 1.29 is 18.7 Å². The van der Waals surface area contributed by atoms with Crippen LogP contribution in [0.2, 0.25) is 5.02 Å². The van der Waals surface area contributed by atoms with E-state index in [1.54, 1.807) is 6.08 Å². The number of rotatable bonds is 6. The minimum atomic E-state index is -0.619. The molecule has 2 aromatic rings. The van der Waals surface area contributed by atoms with Gasteiger partial charge in [0.05, 0.1) is 10.7 Å². The molecule has 1 aromatic heterocycles. The zero-order chi connectivity index (χ0) is 19.6. The Balaban J connectivity index is 1.53. The number of hydrogen-bond acceptors (Lipinski definition) is 3. The van der Waals surface area contributed by atoms with Gasteiger partial charge in [-0.05, 0) is 62.6 Å². The van der Waals surface area contributed by atoms with E-state index >= 15 is 0 Å². The van der Waals surface area contributed by atoms with Crippen LogP contribution < -0.4 is 5.32 Å². The molecule has 1 saturated carbocycles. The van der Waals surface area contributed by atoms with Gasteiger partial charge in [0.15, 0.2) is 6.61 Å². The van der Waals surface area contributed by atoms with Gasteiger partial charge in [-0.1, -0.05) is 11.6 Å². The number of nitrogens with one attached hydrogen (secondary N) is 1. The van der Waals surface area contributed by atoms with Crippen LogP contribution >= 0.6 is 11.6 Å². The molecule has 1 aliphatic carbocycles. The van der Waals surface area contributed by atoms with Crippen LogP contribution in [0, 0.1) is 19.7 Å². The fraction of sp³-hybridized carbons (Fsp3) is 0.300. The third-order valence-corrected chi connectivity index (χ3v) is 4.70. The number of amides is 1. The third-order valence-electron chi connectivity index (χ3n) is 4.39. The lowest BCUT2D eigenvalue weighted by Crippen LogP contribution is -2.20. The Hall–Kier alpha value is -2.60. The topological polar surface area (TPSA) is 60.3 Å². The van der Waals surface area contributed by atoms with Crippen LogP contribution in [0.25, 0.3) is 6.08 Å². The smallest absolute Gasteiger partial charge is 0.331 e. The van der Waals surface area contributed by atoms with E-state index in [-0.39, 0.29) is 10.7 Å².